The Bertz CT molecular complexity index is 1670. The van der Waals surface area contributed by atoms with Crippen molar-refractivity contribution in [2.45, 2.75) is 59.3 Å². The largest absolute Gasteiger partial charge is 0.493 e. The van der Waals surface area contributed by atoms with Crippen LogP contribution in [-0.2, 0) is 16.0 Å². The highest BCUT2D eigenvalue weighted by Gasteiger charge is 2.35. The van der Waals surface area contributed by atoms with Crippen molar-refractivity contribution in [3.63, 3.8) is 0 Å². The van der Waals surface area contributed by atoms with E-state index in [1.54, 1.807) is 41.6 Å². The fourth-order valence-corrected chi connectivity index (χ4v) is 5.27. The third-order valence-electron chi connectivity index (χ3n) is 7.47. The first kappa shape index (κ1) is 29.9. The van der Waals surface area contributed by atoms with Gasteiger partial charge in [0.1, 0.15) is 46.6 Å². The average Bonchev–Trinajstić information content (AvgIpc) is 3.39. The molecule has 0 saturated carbocycles. The van der Waals surface area contributed by atoms with E-state index in [2.05, 4.69) is 15.3 Å². The van der Waals surface area contributed by atoms with Gasteiger partial charge in [-0.15, -0.1) is 0 Å². The molecular formula is C31H37N7O5. The lowest BCUT2D eigenvalue weighted by atomic mass is 10.1. The SMILES string of the molecule is CCOc1cc(C(=O)Nc2cc(C)ccn2)ccc1-c1nc([C@H]2CN(C(=O)[C@H](C)O)[C@@H](C)CO2)n2c(CC)cnc(N)c12. The second-order valence-corrected chi connectivity index (χ2v) is 10.6. The number of pyridine rings is 1. The normalized spacial score (nSPS) is 17.6. The van der Waals surface area contributed by atoms with Gasteiger partial charge in [0.2, 0.25) is 0 Å². The molecule has 1 fully saturated rings. The molecule has 0 spiro atoms. The summed E-state index contributed by atoms with van der Waals surface area (Å²) in [5, 5.41) is 12.8. The maximum absolute atomic E-state index is 13.1. The van der Waals surface area contributed by atoms with Gasteiger partial charge in [0.05, 0.1) is 25.8 Å². The number of aliphatic hydroxyl groups is 1. The number of aryl methyl sites for hydroxylation is 2. The van der Waals surface area contributed by atoms with Crippen LogP contribution >= 0.6 is 0 Å². The monoisotopic (exact) mass is 587 g/mol. The molecule has 0 bridgehead atoms. The first-order valence-electron chi connectivity index (χ1n) is 14.4. The number of anilines is 2. The molecule has 0 aliphatic carbocycles. The zero-order valence-electron chi connectivity index (χ0n) is 25.0. The minimum absolute atomic E-state index is 0.208. The minimum atomic E-state index is -1.13. The van der Waals surface area contributed by atoms with Crippen LogP contribution in [0.25, 0.3) is 16.8 Å². The van der Waals surface area contributed by atoms with Gasteiger partial charge in [-0.25, -0.2) is 15.0 Å². The summed E-state index contributed by atoms with van der Waals surface area (Å²) in [6, 6.07) is 8.58. The Morgan fingerprint density at radius 3 is 2.72 bits per heavy atom. The van der Waals surface area contributed by atoms with E-state index >= 15 is 0 Å². The van der Waals surface area contributed by atoms with E-state index in [1.807, 2.05) is 38.2 Å². The van der Waals surface area contributed by atoms with Gasteiger partial charge in [-0.1, -0.05) is 6.92 Å². The van der Waals surface area contributed by atoms with Crippen molar-refractivity contribution in [1.29, 1.82) is 0 Å². The van der Waals surface area contributed by atoms with Crippen LogP contribution < -0.4 is 15.8 Å². The summed E-state index contributed by atoms with van der Waals surface area (Å²) < 4.78 is 14.2. The third-order valence-corrected chi connectivity index (χ3v) is 7.47. The van der Waals surface area contributed by atoms with E-state index in [9.17, 15) is 14.7 Å². The quantitative estimate of drug-likeness (QED) is 0.280. The maximum Gasteiger partial charge on any atom is 0.256 e. The zero-order chi connectivity index (χ0) is 30.8. The molecule has 4 aromatic rings. The number of aliphatic hydroxyl groups excluding tert-OH is 1. The number of fused-ring (bicyclic) bond motifs is 1. The Labute approximate surface area is 249 Å². The van der Waals surface area contributed by atoms with Crippen molar-refractivity contribution in [3.05, 3.63) is 65.4 Å². The summed E-state index contributed by atoms with van der Waals surface area (Å²) in [6.45, 7) is 9.97. The number of imidazole rings is 1. The molecule has 5 rings (SSSR count). The molecule has 1 aromatic carbocycles. The minimum Gasteiger partial charge on any atom is -0.493 e. The lowest BCUT2D eigenvalue weighted by Gasteiger charge is -2.38. The predicted octanol–water partition coefficient (Wildman–Crippen LogP) is 3.56. The van der Waals surface area contributed by atoms with Crippen LogP contribution in [0.15, 0.2) is 42.7 Å². The number of carbonyl (C=O) groups is 2. The molecule has 12 heteroatoms. The van der Waals surface area contributed by atoms with E-state index in [4.69, 9.17) is 20.2 Å². The zero-order valence-corrected chi connectivity index (χ0v) is 25.0. The van der Waals surface area contributed by atoms with Crippen molar-refractivity contribution in [2.75, 3.05) is 30.8 Å². The van der Waals surface area contributed by atoms with Gasteiger partial charge in [0.25, 0.3) is 11.8 Å². The number of nitrogens with two attached hydrogens (primary N) is 1. The lowest BCUT2D eigenvalue weighted by molar-refractivity contribution is -0.152. The first-order valence-corrected chi connectivity index (χ1v) is 14.4. The molecule has 3 atom stereocenters. The molecule has 12 nitrogen and oxygen atoms in total. The average molecular weight is 588 g/mol. The second-order valence-electron chi connectivity index (χ2n) is 10.6. The Morgan fingerprint density at radius 1 is 1.23 bits per heavy atom. The Kier molecular flexibility index (Phi) is 8.60. The molecule has 2 amide bonds. The third kappa shape index (κ3) is 5.88. The fourth-order valence-electron chi connectivity index (χ4n) is 5.27. The van der Waals surface area contributed by atoms with E-state index in [-0.39, 0.29) is 36.8 Å². The fraction of sp³-hybridized carbons (Fsp3) is 0.387. The van der Waals surface area contributed by atoms with Gasteiger partial charge in [-0.05, 0) is 70.0 Å². The van der Waals surface area contributed by atoms with Gasteiger partial charge in [-0.2, -0.15) is 0 Å². The van der Waals surface area contributed by atoms with Gasteiger partial charge >= 0.3 is 0 Å². The van der Waals surface area contributed by atoms with Crippen molar-refractivity contribution in [3.8, 4) is 17.0 Å². The lowest BCUT2D eigenvalue weighted by Crippen LogP contribution is -2.51. The molecule has 1 aliphatic heterocycles. The number of hydrogen-bond donors (Lipinski definition) is 3. The highest BCUT2D eigenvalue weighted by Crippen LogP contribution is 2.38. The molecule has 226 valence electrons. The Hall–Kier alpha value is -4.55. The maximum atomic E-state index is 13.1. The summed E-state index contributed by atoms with van der Waals surface area (Å²) in [7, 11) is 0. The summed E-state index contributed by atoms with van der Waals surface area (Å²) in [6.07, 6.45) is 2.26. The molecule has 4 N–H and O–H groups in total. The Balaban J connectivity index is 1.60. The number of morpholine rings is 1. The number of nitrogens with zero attached hydrogens (tertiary/aromatic N) is 5. The van der Waals surface area contributed by atoms with Crippen molar-refractivity contribution in [1.82, 2.24) is 24.3 Å². The van der Waals surface area contributed by atoms with Crippen LogP contribution in [0.3, 0.4) is 0 Å². The number of carbonyl (C=O) groups excluding carboxylic acids is 2. The molecule has 1 saturated heterocycles. The molecule has 0 radical (unpaired) electrons. The number of benzene rings is 1. The van der Waals surface area contributed by atoms with E-state index < -0.39 is 12.2 Å². The molecule has 1 aliphatic rings. The summed E-state index contributed by atoms with van der Waals surface area (Å²) in [5.41, 5.74) is 10.4. The number of aromatic nitrogens is 4. The van der Waals surface area contributed by atoms with Crippen LogP contribution in [0.5, 0.6) is 5.75 Å². The van der Waals surface area contributed by atoms with Gasteiger partial charge in [0, 0.05) is 29.2 Å². The number of hydrogen-bond acceptors (Lipinski definition) is 9. The predicted molar refractivity (Wildman–Crippen MR) is 162 cm³/mol. The molecule has 0 unspecified atom stereocenters. The highest BCUT2D eigenvalue weighted by molar-refractivity contribution is 6.04. The molecule has 43 heavy (non-hydrogen) atoms. The van der Waals surface area contributed by atoms with Crippen LogP contribution in [0.2, 0.25) is 0 Å². The number of ether oxygens (including phenoxy) is 2. The topological polar surface area (TPSA) is 157 Å². The van der Waals surface area contributed by atoms with E-state index in [0.29, 0.717) is 52.8 Å². The molecule has 3 aromatic heterocycles. The number of nitrogen functional groups attached to an aromatic ring is 1. The van der Waals surface area contributed by atoms with Gasteiger partial charge < -0.3 is 30.5 Å². The smallest absolute Gasteiger partial charge is 0.256 e. The summed E-state index contributed by atoms with van der Waals surface area (Å²) in [5.74, 6) is 1.02. The molecular weight excluding hydrogens is 550 g/mol. The van der Waals surface area contributed by atoms with Crippen molar-refractivity contribution >= 4 is 29.0 Å². The highest BCUT2D eigenvalue weighted by atomic mass is 16.5. The Morgan fingerprint density at radius 2 is 2.02 bits per heavy atom. The van der Waals surface area contributed by atoms with Crippen LogP contribution in [-0.4, -0.2) is 73.1 Å². The van der Waals surface area contributed by atoms with Gasteiger partial charge in [0.15, 0.2) is 0 Å². The van der Waals surface area contributed by atoms with Crippen LogP contribution in [0.1, 0.15) is 61.2 Å². The standard InChI is InChI=1S/C31H37N7O5/c1-6-21-14-34-28(32)27-26(36-29(38(21)27)24-15-37(18(4)16-43-24)31(41)19(5)39)22-9-8-20(13-23(22)42-7-2)30(40)35-25-12-17(3)10-11-33-25/h8-14,18-19,24,39H,6-7,15-16H2,1-5H3,(H2,32,34)(H,33,35,40)/t18-,19-,24+/m0/s1. The van der Waals surface area contributed by atoms with Crippen LogP contribution in [0, 0.1) is 6.92 Å². The van der Waals surface area contributed by atoms with E-state index in [0.717, 1.165) is 11.3 Å². The second kappa shape index (κ2) is 12.4. The van der Waals surface area contributed by atoms with Gasteiger partial charge in [-0.3, -0.25) is 14.0 Å². The summed E-state index contributed by atoms with van der Waals surface area (Å²) in [4.78, 5) is 41.2. The first-order chi connectivity index (χ1) is 20.6. The number of amides is 2. The number of rotatable bonds is 8. The van der Waals surface area contributed by atoms with Crippen LogP contribution in [0.4, 0.5) is 11.6 Å². The van der Waals surface area contributed by atoms with Crippen molar-refractivity contribution in [2.24, 2.45) is 0 Å². The van der Waals surface area contributed by atoms with E-state index in [1.165, 1.54) is 6.92 Å². The van der Waals surface area contributed by atoms with Crippen molar-refractivity contribution < 1.29 is 24.2 Å². The number of nitrogens with one attached hydrogen (secondary N) is 1. The molecule has 4 heterocycles. The summed E-state index contributed by atoms with van der Waals surface area (Å²) >= 11 is 0.